The summed E-state index contributed by atoms with van der Waals surface area (Å²) in [6, 6.07) is 9.01. The quantitative estimate of drug-likeness (QED) is 0.607. The summed E-state index contributed by atoms with van der Waals surface area (Å²) < 4.78 is 18.9. The molecular formula is C24H32O5. The Bertz CT molecular complexity index is 806. The van der Waals surface area contributed by atoms with E-state index in [-0.39, 0.29) is 34.5 Å². The normalized spacial score (nSPS) is 40.9. The van der Waals surface area contributed by atoms with Gasteiger partial charge in [-0.25, -0.2) is 4.79 Å². The van der Waals surface area contributed by atoms with Gasteiger partial charge in [0.15, 0.2) is 6.10 Å². The molecule has 0 aromatic heterocycles. The van der Waals surface area contributed by atoms with E-state index < -0.39 is 24.0 Å². The number of aliphatic hydroxyl groups excluding tert-OH is 1. The van der Waals surface area contributed by atoms with Crippen LogP contribution in [-0.2, 0) is 19.0 Å². The lowest BCUT2D eigenvalue weighted by Crippen LogP contribution is -2.53. The van der Waals surface area contributed by atoms with E-state index in [0.29, 0.717) is 5.56 Å². The molecule has 2 unspecified atom stereocenters. The fourth-order valence-electron chi connectivity index (χ4n) is 5.76. The van der Waals surface area contributed by atoms with Gasteiger partial charge in [-0.1, -0.05) is 57.7 Å². The molecule has 158 valence electrons. The van der Waals surface area contributed by atoms with Crippen molar-refractivity contribution in [2.75, 3.05) is 0 Å². The van der Waals surface area contributed by atoms with Gasteiger partial charge in [0.25, 0.3) is 0 Å². The average molecular weight is 401 g/mol. The van der Waals surface area contributed by atoms with Crippen molar-refractivity contribution in [3.05, 3.63) is 48.0 Å². The van der Waals surface area contributed by atoms with Gasteiger partial charge in [-0.05, 0) is 37.7 Å². The van der Waals surface area contributed by atoms with Gasteiger partial charge in [0.05, 0.1) is 17.8 Å². The van der Waals surface area contributed by atoms with Crippen LogP contribution in [0.15, 0.2) is 42.5 Å². The van der Waals surface area contributed by atoms with Crippen molar-refractivity contribution >= 4 is 5.97 Å². The van der Waals surface area contributed by atoms with E-state index in [2.05, 4.69) is 27.4 Å². The second-order valence-electron chi connectivity index (χ2n) is 9.72. The Morgan fingerprint density at radius 2 is 1.76 bits per heavy atom. The number of carbonyl (C=O) groups excluding carboxylic acids is 1. The van der Waals surface area contributed by atoms with Crippen molar-refractivity contribution in [3.8, 4) is 0 Å². The van der Waals surface area contributed by atoms with Crippen LogP contribution in [0.5, 0.6) is 0 Å². The van der Waals surface area contributed by atoms with Crippen LogP contribution in [0.4, 0.5) is 0 Å². The van der Waals surface area contributed by atoms with Gasteiger partial charge in [0, 0.05) is 11.3 Å². The number of hydrogen-bond donors (Lipinski definition) is 1. The Labute approximate surface area is 173 Å². The Morgan fingerprint density at radius 3 is 2.34 bits per heavy atom. The Kier molecular flexibility index (Phi) is 4.72. The van der Waals surface area contributed by atoms with Gasteiger partial charge in [-0.15, -0.1) is 0 Å². The number of benzene rings is 1. The predicted molar refractivity (Wildman–Crippen MR) is 109 cm³/mol. The van der Waals surface area contributed by atoms with E-state index in [1.54, 1.807) is 12.1 Å². The van der Waals surface area contributed by atoms with E-state index in [1.165, 1.54) is 0 Å². The van der Waals surface area contributed by atoms with Gasteiger partial charge in [0.1, 0.15) is 6.10 Å². The van der Waals surface area contributed by atoms with Crippen LogP contribution in [-0.4, -0.2) is 35.2 Å². The van der Waals surface area contributed by atoms with Crippen LogP contribution in [0.1, 0.15) is 59.1 Å². The minimum atomic E-state index is -1.11. The third-order valence-corrected chi connectivity index (χ3v) is 8.06. The first-order valence-corrected chi connectivity index (χ1v) is 10.5. The molecule has 2 aliphatic carbocycles. The van der Waals surface area contributed by atoms with E-state index in [9.17, 15) is 9.90 Å². The molecule has 1 N–H and O–H groups in total. The zero-order chi connectivity index (χ0) is 21.2. The molecule has 7 atom stereocenters. The Hall–Kier alpha value is -1.69. The van der Waals surface area contributed by atoms with Crippen LogP contribution in [0.25, 0.3) is 0 Å². The maximum atomic E-state index is 13.1. The number of esters is 1. The summed E-state index contributed by atoms with van der Waals surface area (Å²) in [4.78, 5) is 13.1. The van der Waals surface area contributed by atoms with E-state index >= 15 is 0 Å². The molecule has 1 aromatic carbocycles. The second-order valence-corrected chi connectivity index (χ2v) is 9.72. The molecule has 1 saturated heterocycles. The molecule has 2 saturated carbocycles. The number of carbonyl (C=O) groups is 1. The van der Waals surface area contributed by atoms with Gasteiger partial charge in [-0.2, -0.15) is 0 Å². The molecule has 5 nitrogen and oxygen atoms in total. The van der Waals surface area contributed by atoms with Gasteiger partial charge < -0.3 is 19.3 Å². The summed E-state index contributed by atoms with van der Waals surface area (Å²) in [7, 11) is 0. The first-order chi connectivity index (χ1) is 13.5. The van der Waals surface area contributed by atoms with E-state index in [0.717, 1.165) is 12.8 Å². The number of rotatable bonds is 4. The molecular weight excluding hydrogens is 368 g/mol. The molecule has 29 heavy (non-hydrogen) atoms. The topological polar surface area (TPSA) is 65.0 Å². The third-order valence-electron chi connectivity index (χ3n) is 8.06. The summed E-state index contributed by atoms with van der Waals surface area (Å²) in [6.45, 7) is 14.4. The molecule has 1 heterocycles. The van der Waals surface area contributed by atoms with Crippen LogP contribution in [0.2, 0.25) is 0 Å². The molecule has 3 fully saturated rings. The van der Waals surface area contributed by atoms with Crippen molar-refractivity contribution in [1.29, 1.82) is 0 Å². The zero-order valence-electron chi connectivity index (χ0n) is 18.0. The molecule has 5 heteroatoms. The van der Waals surface area contributed by atoms with Crippen LogP contribution in [0.3, 0.4) is 0 Å². The van der Waals surface area contributed by atoms with E-state index in [4.69, 9.17) is 14.2 Å². The molecule has 1 aromatic rings. The van der Waals surface area contributed by atoms with Crippen molar-refractivity contribution in [2.45, 2.75) is 77.7 Å². The third kappa shape index (κ3) is 2.74. The Morgan fingerprint density at radius 1 is 1.17 bits per heavy atom. The van der Waals surface area contributed by atoms with Crippen LogP contribution in [0, 0.1) is 16.7 Å². The minimum Gasteiger partial charge on any atom is -0.453 e. The molecule has 0 amide bonds. The van der Waals surface area contributed by atoms with E-state index in [1.807, 2.05) is 32.0 Å². The summed E-state index contributed by atoms with van der Waals surface area (Å²) in [5.41, 5.74) is 0.241. The summed E-state index contributed by atoms with van der Waals surface area (Å²) in [5, 5.41) is 10.6. The number of fused-ring (bicyclic) bond motifs is 3. The number of hydrogen-bond acceptors (Lipinski definition) is 5. The summed E-state index contributed by atoms with van der Waals surface area (Å²) in [5.74, 6) is -1.41. The van der Waals surface area contributed by atoms with Crippen molar-refractivity contribution < 1.29 is 24.1 Å². The first kappa shape index (κ1) is 20.6. The molecule has 1 spiro atoms. The fourth-order valence-corrected chi connectivity index (χ4v) is 5.76. The van der Waals surface area contributed by atoms with Crippen molar-refractivity contribution in [1.82, 2.24) is 0 Å². The van der Waals surface area contributed by atoms with Gasteiger partial charge >= 0.3 is 5.97 Å². The highest BCUT2D eigenvalue weighted by Gasteiger charge is 2.78. The lowest BCUT2D eigenvalue weighted by Gasteiger charge is -2.42. The average Bonchev–Trinajstić information content (AvgIpc) is 3.15. The lowest BCUT2D eigenvalue weighted by molar-refractivity contribution is -0.270. The maximum Gasteiger partial charge on any atom is 0.336 e. The second kappa shape index (κ2) is 6.66. The highest BCUT2D eigenvalue weighted by molar-refractivity contribution is 5.89. The molecule has 1 aliphatic heterocycles. The van der Waals surface area contributed by atoms with Gasteiger partial charge in [0.2, 0.25) is 5.79 Å². The smallest absolute Gasteiger partial charge is 0.336 e. The fraction of sp³-hybridized carbons (Fsp3) is 0.625. The monoisotopic (exact) mass is 400 g/mol. The standard InChI is InChI=1S/C24H32O5/c1-14(19(25)17-10-8-7-9-11-17)20(26)27-21-23(6)13-12-18(22(23,4)5)24(21)28-15(2)16(3)29-24/h7-11,15-16,18-19,21,25H,1,12-13H2,2-6H3/t15-,16+,18-,19?,21-,23-,24?/m0/s1. The molecule has 3 aliphatic rings. The predicted octanol–water partition coefficient (Wildman–Crippen LogP) is 4.16. The van der Waals surface area contributed by atoms with Crippen LogP contribution < -0.4 is 0 Å². The lowest BCUT2D eigenvalue weighted by atomic mass is 9.70. The largest absolute Gasteiger partial charge is 0.453 e. The molecule has 2 bridgehead atoms. The van der Waals surface area contributed by atoms with Gasteiger partial charge in [-0.3, -0.25) is 0 Å². The molecule has 4 rings (SSSR count). The SMILES string of the molecule is C=C(C(=O)O[C@@H]1C2(O[C@@H](C)[C@@H](C)O2)[C@H]2CC[C@]1(C)C2(C)C)C(O)c1ccccc1. The van der Waals surface area contributed by atoms with Crippen molar-refractivity contribution in [3.63, 3.8) is 0 Å². The summed E-state index contributed by atoms with van der Waals surface area (Å²) >= 11 is 0. The maximum absolute atomic E-state index is 13.1. The minimum absolute atomic E-state index is 0.0228. The highest BCUT2D eigenvalue weighted by atomic mass is 16.8. The number of aliphatic hydroxyl groups is 1. The van der Waals surface area contributed by atoms with Crippen LogP contribution >= 0.6 is 0 Å². The van der Waals surface area contributed by atoms with Crippen molar-refractivity contribution in [2.24, 2.45) is 16.7 Å². The number of ether oxygens (including phenoxy) is 3. The highest BCUT2D eigenvalue weighted by Crippen LogP contribution is 2.72. The molecule has 0 radical (unpaired) electrons. The Balaban J connectivity index is 1.62. The summed E-state index contributed by atoms with van der Waals surface area (Å²) in [6.07, 6.45) is 0.102. The zero-order valence-corrected chi connectivity index (χ0v) is 18.0. The first-order valence-electron chi connectivity index (χ1n) is 10.5.